The molecule has 1 aliphatic carbocycles. The molecule has 8 aromatic rings. The Kier molecular flexibility index (Phi) is 7.76. The molecular formula is C50H36. The molecule has 50 heavy (non-hydrogen) atoms. The Hall–Kier alpha value is -6.24. The molecule has 0 atom stereocenters. The van der Waals surface area contributed by atoms with E-state index in [4.69, 9.17) is 0 Å². The van der Waals surface area contributed by atoms with Crippen molar-refractivity contribution in [1.82, 2.24) is 0 Å². The first kappa shape index (κ1) is 29.9. The maximum absolute atomic E-state index is 2.32. The van der Waals surface area contributed by atoms with Crippen molar-refractivity contribution in [2.24, 2.45) is 0 Å². The number of hydrogen-bond donors (Lipinski definition) is 0. The largest absolute Gasteiger partial charge is 0.0622 e. The van der Waals surface area contributed by atoms with Gasteiger partial charge in [-0.25, -0.2) is 0 Å². The Bertz CT molecular complexity index is 2240. The first-order valence-corrected chi connectivity index (χ1v) is 17.5. The van der Waals surface area contributed by atoms with E-state index in [1.165, 1.54) is 77.9 Å². The summed E-state index contributed by atoms with van der Waals surface area (Å²) in [5, 5.41) is 0. The van der Waals surface area contributed by atoms with Crippen molar-refractivity contribution >= 4 is 0 Å². The van der Waals surface area contributed by atoms with Crippen LogP contribution in [0.2, 0.25) is 0 Å². The van der Waals surface area contributed by atoms with Gasteiger partial charge in [0.2, 0.25) is 0 Å². The smallest absolute Gasteiger partial charge is 0.0352 e. The highest BCUT2D eigenvalue weighted by Crippen LogP contribution is 2.48. The van der Waals surface area contributed by atoms with Crippen LogP contribution >= 0.6 is 0 Å². The van der Waals surface area contributed by atoms with Gasteiger partial charge in [-0.15, -0.1) is 0 Å². The van der Waals surface area contributed by atoms with E-state index < -0.39 is 0 Å². The van der Waals surface area contributed by atoms with Gasteiger partial charge >= 0.3 is 0 Å². The molecule has 0 nitrogen and oxygen atoms in total. The Morgan fingerprint density at radius 1 is 0.260 bits per heavy atom. The summed E-state index contributed by atoms with van der Waals surface area (Å²) in [7, 11) is 0. The van der Waals surface area contributed by atoms with Crippen molar-refractivity contribution in [3.63, 3.8) is 0 Å². The number of rotatable bonds is 7. The van der Waals surface area contributed by atoms with E-state index in [1.54, 1.807) is 0 Å². The highest BCUT2D eigenvalue weighted by atomic mass is 14.3. The normalized spacial score (nSPS) is 12.1. The molecule has 0 bridgehead atoms. The van der Waals surface area contributed by atoms with Gasteiger partial charge in [0.05, 0.1) is 0 Å². The summed E-state index contributed by atoms with van der Waals surface area (Å²) in [5.41, 5.74) is 18.1. The fourth-order valence-electron chi connectivity index (χ4n) is 7.83. The molecule has 0 spiro atoms. The molecule has 8 aromatic carbocycles. The molecule has 0 amide bonds. The van der Waals surface area contributed by atoms with Gasteiger partial charge in [-0.05, 0) is 77.9 Å². The Morgan fingerprint density at radius 2 is 0.560 bits per heavy atom. The molecule has 0 N–H and O–H groups in total. The zero-order valence-corrected chi connectivity index (χ0v) is 27.8. The van der Waals surface area contributed by atoms with Crippen molar-refractivity contribution in [3.05, 3.63) is 240 Å². The Labute approximate surface area is 295 Å². The van der Waals surface area contributed by atoms with E-state index in [0.29, 0.717) is 0 Å². The second-order valence-corrected chi connectivity index (χ2v) is 13.3. The lowest BCUT2D eigenvalue weighted by molar-refractivity contribution is 0.978. The third-order valence-corrected chi connectivity index (χ3v) is 10.4. The summed E-state index contributed by atoms with van der Waals surface area (Å²) in [5.74, 6) is 0.379. The van der Waals surface area contributed by atoms with Crippen LogP contribution in [-0.2, 0) is 0 Å². The van der Waals surface area contributed by atoms with Gasteiger partial charge in [0.15, 0.2) is 0 Å². The highest BCUT2D eigenvalue weighted by Gasteiger charge is 2.29. The zero-order valence-electron chi connectivity index (χ0n) is 27.8. The summed E-state index contributed by atoms with van der Waals surface area (Å²) >= 11 is 0. The molecular weight excluding hydrogens is 601 g/mol. The van der Waals surface area contributed by atoms with Gasteiger partial charge in [-0.1, -0.05) is 206 Å². The maximum Gasteiger partial charge on any atom is 0.0352 e. The van der Waals surface area contributed by atoms with Crippen molar-refractivity contribution in [2.75, 3.05) is 0 Å². The lowest BCUT2D eigenvalue weighted by Crippen LogP contribution is -2.03. The lowest BCUT2D eigenvalue weighted by Gasteiger charge is -2.20. The third-order valence-electron chi connectivity index (χ3n) is 10.4. The molecule has 0 saturated carbocycles. The van der Waals surface area contributed by atoms with E-state index in [1.807, 2.05) is 0 Å². The van der Waals surface area contributed by atoms with Crippen LogP contribution < -0.4 is 0 Å². The molecule has 0 radical (unpaired) electrons. The van der Waals surface area contributed by atoms with Gasteiger partial charge in [0.1, 0.15) is 0 Å². The van der Waals surface area contributed by atoms with E-state index >= 15 is 0 Å². The van der Waals surface area contributed by atoms with E-state index in [0.717, 1.165) is 0 Å². The van der Waals surface area contributed by atoms with Gasteiger partial charge < -0.3 is 0 Å². The van der Waals surface area contributed by atoms with Crippen LogP contribution in [0.1, 0.15) is 45.2 Å². The van der Waals surface area contributed by atoms with Crippen LogP contribution in [0.4, 0.5) is 0 Å². The van der Waals surface area contributed by atoms with Gasteiger partial charge in [0, 0.05) is 11.8 Å². The second kappa shape index (κ2) is 13.0. The molecule has 0 aromatic heterocycles. The quantitative estimate of drug-likeness (QED) is 0.153. The minimum atomic E-state index is 0.114. The second-order valence-electron chi connectivity index (χ2n) is 13.3. The molecule has 236 valence electrons. The summed E-state index contributed by atoms with van der Waals surface area (Å²) in [6.07, 6.45) is 0. The topological polar surface area (TPSA) is 0 Å². The van der Waals surface area contributed by atoms with E-state index in [2.05, 4.69) is 206 Å². The maximum atomic E-state index is 2.32. The number of fused-ring (bicyclic) bond motifs is 3. The predicted molar refractivity (Wildman–Crippen MR) is 209 cm³/mol. The minimum Gasteiger partial charge on any atom is -0.0622 e. The molecule has 0 fully saturated rings. The van der Waals surface area contributed by atoms with Gasteiger partial charge in [-0.3, -0.25) is 0 Å². The van der Waals surface area contributed by atoms with Crippen molar-refractivity contribution in [1.29, 1.82) is 0 Å². The SMILES string of the molecule is c1ccc(-c2ccc(C(c3ccc(-c4ccccc4)cc3)c3ccc(-c4ccc(C5c6ccccc6-c6ccccc65)cc4)cc3)cc2)cc1. The summed E-state index contributed by atoms with van der Waals surface area (Å²) < 4.78 is 0. The molecule has 0 saturated heterocycles. The average molecular weight is 637 g/mol. The molecule has 0 heterocycles. The van der Waals surface area contributed by atoms with Crippen LogP contribution in [0.25, 0.3) is 44.5 Å². The van der Waals surface area contributed by atoms with E-state index in [9.17, 15) is 0 Å². The first-order valence-electron chi connectivity index (χ1n) is 17.5. The van der Waals surface area contributed by atoms with Gasteiger partial charge in [-0.2, -0.15) is 0 Å². The van der Waals surface area contributed by atoms with Crippen LogP contribution in [-0.4, -0.2) is 0 Å². The van der Waals surface area contributed by atoms with Crippen molar-refractivity contribution in [3.8, 4) is 44.5 Å². The van der Waals surface area contributed by atoms with Crippen LogP contribution in [0.15, 0.2) is 206 Å². The molecule has 9 rings (SSSR count). The Morgan fingerprint density at radius 3 is 0.940 bits per heavy atom. The minimum absolute atomic E-state index is 0.114. The monoisotopic (exact) mass is 636 g/mol. The molecule has 0 aliphatic heterocycles. The van der Waals surface area contributed by atoms with Crippen LogP contribution in [0.3, 0.4) is 0 Å². The van der Waals surface area contributed by atoms with Crippen LogP contribution in [0, 0.1) is 0 Å². The fourth-order valence-corrected chi connectivity index (χ4v) is 7.83. The third kappa shape index (κ3) is 5.55. The summed E-state index contributed by atoms with van der Waals surface area (Å²) in [6.45, 7) is 0. The molecule has 1 aliphatic rings. The van der Waals surface area contributed by atoms with Gasteiger partial charge in [0.25, 0.3) is 0 Å². The fraction of sp³-hybridized carbons (Fsp3) is 0.0400. The summed E-state index contributed by atoms with van der Waals surface area (Å²) in [4.78, 5) is 0. The number of benzene rings is 8. The predicted octanol–water partition coefficient (Wildman–Crippen LogP) is 13.0. The lowest BCUT2D eigenvalue weighted by atomic mass is 9.83. The zero-order chi connectivity index (χ0) is 33.3. The van der Waals surface area contributed by atoms with Crippen LogP contribution in [0.5, 0.6) is 0 Å². The standard InChI is InChI=1S/C50H36/c1-3-11-35(12-4-1)37-19-27-41(28-20-37)49(42-29-21-38(22-30-42)36-13-5-2-6-14-36)43-31-23-39(24-32-43)40-25-33-44(34-26-40)50-47-17-9-7-15-45(47)46-16-8-10-18-48(46)50/h1-34,49-50H. The average Bonchev–Trinajstić information content (AvgIpc) is 3.54. The molecule has 0 heteroatoms. The van der Waals surface area contributed by atoms with E-state index in [-0.39, 0.29) is 11.8 Å². The number of hydrogen-bond acceptors (Lipinski definition) is 0. The highest BCUT2D eigenvalue weighted by molar-refractivity contribution is 5.81. The van der Waals surface area contributed by atoms with Crippen molar-refractivity contribution in [2.45, 2.75) is 11.8 Å². The summed E-state index contributed by atoms with van der Waals surface area (Å²) in [6, 6.07) is 75.5. The first-order chi connectivity index (χ1) is 24.8. The molecule has 0 unspecified atom stereocenters. The Balaban J connectivity index is 1.03. The van der Waals surface area contributed by atoms with Crippen molar-refractivity contribution < 1.29 is 0 Å².